The number of halogens is 1. The van der Waals surface area contributed by atoms with Crippen molar-refractivity contribution in [2.45, 2.75) is 80.1 Å². The Morgan fingerprint density at radius 1 is 0.955 bits per heavy atom. The Bertz CT molecular complexity index is 1560. The van der Waals surface area contributed by atoms with Crippen LogP contribution in [-0.4, -0.2) is 42.6 Å². The number of anilines is 1. The van der Waals surface area contributed by atoms with Gasteiger partial charge in [0, 0.05) is 53.5 Å². The van der Waals surface area contributed by atoms with Crippen LogP contribution in [0.15, 0.2) is 57.3 Å². The number of amides is 1. The first-order valence-corrected chi connectivity index (χ1v) is 16.1. The minimum atomic E-state index is -0.498. The zero-order valence-electron chi connectivity index (χ0n) is 27.1. The summed E-state index contributed by atoms with van der Waals surface area (Å²) >= 11 is 3.66. The zero-order chi connectivity index (χ0) is 32.1. The Hall–Kier alpha value is -3.39. The molecule has 3 aliphatic rings. The molecular formula is C36H43BrN2O5. The molecule has 0 aromatic heterocycles. The average Bonchev–Trinajstić information content (AvgIpc) is 2.91. The molecular weight excluding hydrogens is 620 g/mol. The van der Waals surface area contributed by atoms with Crippen LogP contribution in [0.5, 0.6) is 11.5 Å². The standard InChI is InChI=1S/C36H43BrN2O5/c1-9-39-25-15-35(4,5)17-27(40)32(25)31(33-26(39)16-36(6,7)18-28(33)41)22-13-23(37)34(29(14-22)43-8)44-19-30(42)38-24-11-10-20(2)12-21(24)3/h10-14,31H,9,15-19H2,1-8H3,(H,38,42). The van der Waals surface area contributed by atoms with E-state index in [1.165, 1.54) is 0 Å². The largest absolute Gasteiger partial charge is 0.493 e. The molecule has 1 heterocycles. The third kappa shape index (κ3) is 6.10. The smallest absolute Gasteiger partial charge is 0.262 e. The second-order valence-corrected chi connectivity index (χ2v) is 14.8. The fraction of sp³-hybridized carbons (Fsp3) is 0.472. The lowest BCUT2D eigenvalue weighted by atomic mass is 9.63. The minimum absolute atomic E-state index is 0.0855. The van der Waals surface area contributed by atoms with Crippen LogP contribution in [-0.2, 0) is 14.4 Å². The van der Waals surface area contributed by atoms with Gasteiger partial charge in [0.25, 0.3) is 5.91 Å². The van der Waals surface area contributed by atoms with Crippen LogP contribution in [0.25, 0.3) is 0 Å². The lowest BCUT2D eigenvalue weighted by Gasteiger charge is -2.49. The van der Waals surface area contributed by atoms with E-state index in [2.05, 4.69) is 60.8 Å². The van der Waals surface area contributed by atoms with Gasteiger partial charge in [-0.25, -0.2) is 0 Å². The molecule has 8 heteroatoms. The van der Waals surface area contributed by atoms with Gasteiger partial charge in [-0.2, -0.15) is 0 Å². The molecule has 0 bridgehead atoms. The first-order chi connectivity index (χ1) is 20.6. The van der Waals surface area contributed by atoms with Crippen LogP contribution in [0.4, 0.5) is 5.69 Å². The first-order valence-electron chi connectivity index (χ1n) is 15.3. The molecule has 1 aliphatic heterocycles. The maximum absolute atomic E-state index is 13.9. The van der Waals surface area contributed by atoms with E-state index in [1.807, 2.05) is 44.2 Å². The second kappa shape index (κ2) is 11.8. The Morgan fingerprint density at radius 3 is 2.07 bits per heavy atom. The molecule has 44 heavy (non-hydrogen) atoms. The van der Waals surface area contributed by atoms with Gasteiger partial charge in [0.15, 0.2) is 29.7 Å². The number of ketones is 2. The number of rotatable bonds is 7. The summed E-state index contributed by atoms with van der Waals surface area (Å²) < 4.78 is 12.4. The molecule has 0 atom stereocenters. The lowest BCUT2D eigenvalue weighted by Crippen LogP contribution is -2.44. The first kappa shape index (κ1) is 32.0. The summed E-state index contributed by atoms with van der Waals surface area (Å²) in [7, 11) is 1.55. The van der Waals surface area contributed by atoms with Crippen LogP contribution >= 0.6 is 15.9 Å². The van der Waals surface area contributed by atoms with Gasteiger partial charge in [-0.05, 0) is 89.7 Å². The Labute approximate surface area is 269 Å². The molecule has 0 saturated carbocycles. The highest BCUT2D eigenvalue weighted by Gasteiger charge is 2.48. The van der Waals surface area contributed by atoms with Crippen molar-refractivity contribution >= 4 is 39.1 Å². The van der Waals surface area contributed by atoms with E-state index in [-0.39, 0.29) is 34.9 Å². The monoisotopic (exact) mass is 662 g/mol. The average molecular weight is 664 g/mol. The number of Topliss-reactive ketones (excluding diaryl/α,β-unsaturated/α-hetero) is 2. The predicted octanol–water partition coefficient (Wildman–Crippen LogP) is 7.80. The van der Waals surface area contributed by atoms with Crippen molar-refractivity contribution in [3.63, 3.8) is 0 Å². The van der Waals surface area contributed by atoms with Crippen molar-refractivity contribution in [3.8, 4) is 11.5 Å². The number of carbonyl (C=O) groups is 3. The van der Waals surface area contributed by atoms with E-state index in [0.717, 1.165) is 46.6 Å². The van der Waals surface area contributed by atoms with Crippen LogP contribution in [0.3, 0.4) is 0 Å². The zero-order valence-corrected chi connectivity index (χ0v) is 28.7. The molecule has 234 valence electrons. The Morgan fingerprint density at radius 2 is 1.55 bits per heavy atom. The number of ether oxygens (including phenoxy) is 2. The van der Waals surface area contributed by atoms with Crippen LogP contribution in [0.2, 0.25) is 0 Å². The maximum Gasteiger partial charge on any atom is 0.262 e. The fourth-order valence-corrected chi connectivity index (χ4v) is 7.66. The molecule has 2 aromatic carbocycles. The van der Waals surface area contributed by atoms with E-state index < -0.39 is 5.92 Å². The van der Waals surface area contributed by atoms with Crippen molar-refractivity contribution in [1.82, 2.24) is 4.90 Å². The van der Waals surface area contributed by atoms with E-state index in [9.17, 15) is 14.4 Å². The van der Waals surface area contributed by atoms with Crippen LogP contribution in [0, 0.1) is 24.7 Å². The van der Waals surface area contributed by atoms with Crippen LogP contribution in [0.1, 0.15) is 82.9 Å². The topological polar surface area (TPSA) is 84.9 Å². The van der Waals surface area contributed by atoms with Crippen molar-refractivity contribution in [2.24, 2.45) is 10.8 Å². The summed E-state index contributed by atoms with van der Waals surface area (Å²) in [5.74, 6) is 0.181. The maximum atomic E-state index is 13.9. The summed E-state index contributed by atoms with van der Waals surface area (Å²) in [5, 5.41) is 2.91. The number of hydrogen-bond acceptors (Lipinski definition) is 6. The second-order valence-electron chi connectivity index (χ2n) is 14.0. The molecule has 5 rings (SSSR count). The van der Waals surface area contributed by atoms with Crippen molar-refractivity contribution in [3.05, 3.63) is 74.0 Å². The highest BCUT2D eigenvalue weighted by molar-refractivity contribution is 9.10. The van der Waals surface area contributed by atoms with Crippen molar-refractivity contribution in [2.75, 3.05) is 25.6 Å². The number of methoxy groups -OCH3 is 1. The number of hydrogen-bond donors (Lipinski definition) is 1. The Kier molecular flexibility index (Phi) is 8.62. The fourth-order valence-electron chi connectivity index (χ4n) is 7.09. The lowest BCUT2D eigenvalue weighted by molar-refractivity contribution is -0.120. The molecule has 0 saturated heterocycles. The third-order valence-electron chi connectivity index (χ3n) is 8.93. The number of nitrogens with one attached hydrogen (secondary N) is 1. The number of carbonyl (C=O) groups excluding carboxylic acids is 3. The van der Waals surface area contributed by atoms with Gasteiger partial charge in [-0.1, -0.05) is 45.4 Å². The number of benzene rings is 2. The summed E-state index contributed by atoms with van der Waals surface area (Å²) in [5.41, 5.74) is 6.76. The third-order valence-corrected chi connectivity index (χ3v) is 9.52. The van der Waals surface area contributed by atoms with E-state index in [0.29, 0.717) is 46.5 Å². The van der Waals surface area contributed by atoms with Gasteiger partial charge in [-0.3, -0.25) is 14.4 Å². The number of nitrogens with zero attached hydrogens (tertiary/aromatic N) is 1. The van der Waals surface area contributed by atoms with Gasteiger partial charge >= 0.3 is 0 Å². The highest BCUT2D eigenvalue weighted by atomic mass is 79.9. The summed E-state index contributed by atoms with van der Waals surface area (Å²) in [6, 6.07) is 9.60. The summed E-state index contributed by atoms with van der Waals surface area (Å²) in [6.45, 7) is 15.1. The molecule has 1 N–H and O–H groups in total. The number of aryl methyl sites for hydroxylation is 2. The molecule has 0 spiro atoms. The SMILES string of the molecule is CCN1C2=C(C(=O)CC(C)(C)C2)C(c2cc(Br)c(OCC(=O)Nc3ccc(C)cc3C)c(OC)c2)C2=C1CC(C)(C)CC2=O. The molecule has 1 amide bonds. The van der Waals surface area contributed by atoms with E-state index >= 15 is 0 Å². The quantitative estimate of drug-likeness (QED) is 0.326. The summed E-state index contributed by atoms with van der Waals surface area (Å²) in [6.07, 6.45) is 2.38. The van der Waals surface area contributed by atoms with Gasteiger partial charge in [-0.15, -0.1) is 0 Å². The molecule has 7 nitrogen and oxygen atoms in total. The normalized spacial score (nSPS) is 19.5. The van der Waals surface area contributed by atoms with E-state index in [1.54, 1.807) is 7.11 Å². The number of allylic oxidation sites excluding steroid dienone is 4. The van der Waals surface area contributed by atoms with Gasteiger partial charge in [0.2, 0.25) is 0 Å². The molecule has 2 aromatic rings. The van der Waals surface area contributed by atoms with E-state index in [4.69, 9.17) is 9.47 Å². The Balaban J connectivity index is 1.54. The van der Waals surface area contributed by atoms with Gasteiger partial charge in [0.1, 0.15) is 0 Å². The summed E-state index contributed by atoms with van der Waals surface area (Å²) in [4.78, 5) is 42.9. The highest BCUT2D eigenvalue weighted by Crippen LogP contribution is 2.55. The minimum Gasteiger partial charge on any atom is -0.493 e. The molecule has 2 aliphatic carbocycles. The molecule has 0 fully saturated rings. The predicted molar refractivity (Wildman–Crippen MR) is 176 cm³/mol. The van der Waals surface area contributed by atoms with Gasteiger partial charge < -0.3 is 19.7 Å². The molecule has 0 unspecified atom stereocenters. The van der Waals surface area contributed by atoms with Crippen LogP contribution < -0.4 is 14.8 Å². The molecule has 0 radical (unpaired) electrons. The van der Waals surface area contributed by atoms with Crippen molar-refractivity contribution in [1.29, 1.82) is 0 Å². The van der Waals surface area contributed by atoms with Crippen molar-refractivity contribution < 1.29 is 23.9 Å². The van der Waals surface area contributed by atoms with Gasteiger partial charge in [0.05, 0.1) is 11.6 Å².